The SMILES string of the molecule is CCNC(=NCC1CCN(S(C)(=O)=O)C1)N1CCC(OCCCOC)CC1.I. The molecule has 166 valence electrons. The Kier molecular flexibility index (Phi) is 12.2. The van der Waals surface area contributed by atoms with Crippen molar-refractivity contribution >= 4 is 40.0 Å². The first-order valence-corrected chi connectivity index (χ1v) is 11.9. The van der Waals surface area contributed by atoms with E-state index in [1.807, 2.05) is 0 Å². The molecule has 2 aliphatic heterocycles. The van der Waals surface area contributed by atoms with Gasteiger partial charge in [0.25, 0.3) is 0 Å². The average molecular weight is 532 g/mol. The zero-order valence-corrected chi connectivity index (χ0v) is 20.6. The molecule has 0 saturated carbocycles. The van der Waals surface area contributed by atoms with Crippen LogP contribution in [0.5, 0.6) is 0 Å². The number of hydrogen-bond donors (Lipinski definition) is 1. The van der Waals surface area contributed by atoms with Gasteiger partial charge in [-0.2, -0.15) is 0 Å². The maximum Gasteiger partial charge on any atom is 0.211 e. The quantitative estimate of drug-likeness (QED) is 0.209. The van der Waals surface area contributed by atoms with E-state index < -0.39 is 10.0 Å². The van der Waals surface area contributed by atoms with Gasteiger partial charge >= 0.3 is 0 Å². The summed E-state index contributed by atoms with van der Waals surface area (Å²) in [5.74, 6) is 1.24. The molecule has 28 heavy (non-hydrogen) atoms. The molecule has 8 nitrogen and oxygen atoms in total. The van der Waals surface area contributed by atoms with Gasteiger partial charge in [0.2, 0.25) is 10.0 Å². The maximum absolute atomic E-state index is 11.7. The highest BCUT2D eigenvalue weighted by Gasteiger charge is 2.29. The molecule has 0 aliphatic carbocycles. The number of methoxy groups -OCH3 is 1. The Balaban J connectivity index is 0.00000392. The molecular formula is C18H37IN4O4S. The lowest BCUT2D eigenvalue weighted by Crippen LogP contribution is -2.47. The normalized spacial score (nSPS) is 22.3. The molecule has 0 spiro atoms. The van der Waals surface area contributed by atoms with Crippen molar-refractivity contribution in [3.63, 3.8) is 0 Å². The van der Waals surface area contributed by atoms with Gasteiger partial charge in [-0.15, -0.1) is 24.0 Å². The number of rotatable bonds is 9. The number of piperidine rings is 1. The molecule has 0 aromatic rings. The van der Waals surface area contributed by atoms with Crippen LogP contribution < -0.4 is 5.32 Å². The molecular weight excluding hydrogens is 495 g/mol. The van der Waals surface area contributed by atoms with Crippen LogP contribution in [-0.4, -0.2) is 95.5 Å². The van der Waals surface area contributed by atoms with Crippen molar-refractivity contribution in [1.82, 2.24) is 14.5 Å². The van der Waals surface area contributed by atoms with Gasteiger partial charge in [-0.05, 0) is 38.5 Å². The van der Waals surface area contributed by atoms with E-state index in [1.165, 1.54) is 6.26 Å². The van der Waals surface area contributed by atoms with Crippen molar-refractivity contribution < 1.29 is 17.9 Å². The number of hydrogen-bond acceptors (Lipinski definition) is 5. The summed E-state index contributed by atoms with van der Waals surface area (Å²) in [6, 6.07) is 0. The van der Waals surface area contributed by atoms with Gasteiger partial charge in [0.05, 0.1) is 12.4 Å². The molecule has 2 fully saturated rings. The second kappa shape index (κ2) is 13.2. The number of halogens is 1. The Morgan fingerprint density at radius 1 is 1.18 bits per heavy atom. The van der Waals surface area contributed by atoms with Gasteiger partial charge in [0, 0.05) is 59.6 Å². The van der Waals surface area contributed by atoms with E-state index in [0.29, 0.717) is 31.7 Å². The lowest BCUT2D eigenvalue weighted by atomic mass is 10.1. The predicted octanol–water partition coefficient (Wildman–Crippen LogP) is 1.37. The molecule has 0 bridgehead atoms. The average Bonchev–Trinajstić information content (AvgIpc) is 3.12. The summed E-state index contributed by atoms with van der Waals surface area (Å²) in [7, 11) is -1.37. The molecule has 0 aromatic heterocycles. The molecule has 2 rings (SSSR count). The van der Waals surface area contributed by atoms with Crippen molar-refractivity contribution in [3.05, 3.63) is 0 Å². The third-order valence-electron chi connectivity index (χ3n) is 5.14. The summed E-state index contributed by atoms with van der Waals surface area (Å²) in [6.45, 7) is 8.12. The summed E-state index contributed by atoms with van der Waals surface area (Å²) in [6.07, 6.45) is 5.43. The Morgan fingerprint density at radius 2 is 1.89 bits per heavy atom. The van der Waals surface area contributed by atoms with Crippen molar-refractivity contribution in [2.75, 3.05) is 65.8 Å². The topological polar surface area (TPSA) is 83.5 Å². The first kappa shape index (κ1) is 25.9. The molecule has 1 N–H and O–H groups in total. The van der Waals surface area contributed by atoms with E-state index in [2.05, 4.69) is 17.1 Å². The highest BCUT2D eigenvalue weighted by atomic mass is 127. The zero-order valence-electron chi connectivity index (χ0n) is 17.4. The first-order chi connectivity index (χ1) is 12.9. The Bertz CT molecular complexity index is 568. The number of guanidine groups is 1. The minimum absolute atomic E-state index is 0. The molecule has 0 aromatic carbocycles. The van der Waals surface area contributed by atoms with Crippen LogP contribution in [0.25, 0.3) is 0 Å². The van der Waals surface area contributed by atoms with Crippen LogP contribution in [0.4, 0.5) is 0 Å². The Hall–Kier alpha value is -0.170. The van der Waals surface area contributed by atoms with E-state index in [-0.39, 0.29) is 24.0 Å². The first-order valence-electron chi connectivity index (χ1n) is 10.0. The standard InChI is InChI=1S/C18H36N4O4S.HI/c1-4-19-18(20-14-16-6-11-22(15-16)27(3,23)24)21-9-7-17(8-10-21)26-13-5-12-25-2;/h16-17H,4-15H2,1-3H3,(H,19,20);1H. The van der Waals surface area contributed by atoms with Crippen LogP contribution in [-0.2, 0) is 19.5 Å². The lowest BCUT2D eigenvalue weighted by molar-refractivity contribution is 0.00989. The van der Waals surface area contributed by atoms with E-state index >= 15 is 0 Å². The molecule has 10 heteroatoms. The van der Waals surface area contributed by atoms with E-state index in [0.717, 1.165) is 64.5 Å². The van der Waals surface area contributed by atoms with Crippen LogP contribution in [0.2, 0.25) is 0 Å². The number of nitrogens with zero attached hydrogens (tertiary/aromatic N) is 3. The van der Waals surface area contributed by atoms with E-state index in [4.69, 9.17) is 14.5 Å². The number of aliphatic imine (C=N–C) groups is 1. The third-order valence-corrected chi connectivity index (χ3v) is 6.41. The summed E-state index contributed by atoms with van der Waals surface area (Å²) in [5, 5.41) is 3.38. The van der Waals surface area contributed by atoms with Gasteiger partial charge in [0.1, 0.15) is 0 Å². The van der Waals surface area contributed by atoms with Crippen LogP contribution in [0.3, 0.4) is 0 Å². The van der Waals surface area contributed by atoms with Crippen molar-refractivity contribution in [2.24, 2.45) is 10.9 Å². The Labute approximate surface area is 187 Å². The van der Waals surface area contributed by atoms with Crippen molar-refractivity contribution in [1.29, 1.82) is 0 Å². The smallest absolute Gasteiger partial charge is 0.211 e. The highest BCUT2D eigenvalue weighted by molar-refractivity contribution is 14.0. The monoisotopic (exact) mass is 532 g/mol. The van der Waals surface area contributed by atoms with Gasteiger partial charge in [-0.3, -0.25) is 4.99 Å². The van der Waals surface area contributed by atoms with Crippen molar-refractivity contribution in [2.45, 2.75) is 38.7 Å². The van der Waals surface area contributed by atoms with E-state index in [1.54, 1.807) is 11.4 Å². The summed E-state index contributed by atoms with van der Waals surface area (Å²) >= 11 is 0. The van der Waals surface area contributed by atoms with Gasteiger partial charge in [-0.1, -0.05) is 0 Å². The van der Waals surface area contributed by atoms with Crippen LogP contribution >= 0.6 is 24.0 Å². The molecule has 2 aliphatic rings. The number of sulfonamides is 1. The zero-order chi connectivity index (χ0) is 19.7. The maximum atomic E-state index is 11.7. The largest absolute Gasteiger partial charge is 0.385 e. The van der Waals surface area contributed by atoms with Crippen LogP contribution in [0, 0.1) is 5.92 Å². The molecule has 2 saturated heterocycles. The van der Waals surface area contributed by atoms with Gasteiger partial charge < -0.3 is 19.7 Å². The second-order valence-corrected chi connectivity index (χ2v) is 9.36. The van der Waals surface area contributed by atoms with Crippen LogP contribution in [0.15, 0.2) is 4.99 Å². The summed E-state index contributed by atoms with van der Waals surface area (Å²) in [4.78, 5) is 7.09. The van der Waals surface area contributed by atoms with Gasteiger partial charge in [-0.25, -0.2) is 12.7 Å². The third kappa shape index (κ3) is 8.68. The second-order valence-electron chi connectivity index (χ2n) is 7.37. The number of ether oxygens (including phenoxy) is 2. The van der Waals surface area contributed by atoms with Gasteiger partial charge in [0.15, 0.2) is 5.96 Å². The predicted molar refractivity (Wildman–Crippen MR) is 123 cm³/mol. The summed E-state index contributed by atoms with van der Waals surface area (Å²) < 4.78 is 35.9. The fourth-order valence-electron chi connectivity index (χ4n) is 3.58. The number of likely N-dealkylation sites (tertiary alicyclic amines) is 1. The summed E-state index contributed by atoms with van der Waals surface area (Å²) in [5.41, 5.74) is 0. The lowest BCUT2D eigenvalue weighted by Gasteiger charge is -2.34. The fourth-order valence-corrected chi connectivity index (χ4v) is 4.49. The fraction of sp³-hybridized carbons (Fsp3) is 0.944. The van der Waals surface area contributed by atoms with Crippen LogP contribution in [0.1, 0.15) is 32.6 Å². The Morgan fingerprint density at radius 3 is 2.46 bits per heavy atom. The molecule has 2 heterocycles. The molecule has 0 amide bonds. The molecule has 0 radical (unpaired) electrons. The number of nitrogens with one attached hydrogen (secondary N) is 1. The highest BCUT2D eigenvalue weighted by Crippen LogP contribution is 2.19. The minimum Gasteiger partial charge on any atom is -0.385 e. The molecule has 1 atom stereocenters. The molecule has 1 unspecified atom stereocenters. The minimum atomic E-state index is -3.09. The van der Waals surface area contributed by atoms with Crippen molar-refractivity contribution in [3.8, 4) is 0 Å². The van der Waals surface area contributed by atoms with E-state index in [9.17, 15) is 8.42 Å².